The second kappa shape index (κ2) is 7.71. The number of nitrogens with zero attached hydrogens (tertiary/aromatic N) is 3. The van der Waals surface area contributed by atoms with E-state index in [2.05, 4.69) is 20.4 Å². The molecule has 1 aliphatic carbocycles. The molecule has 3 aromatic rings. The maximum Gasteiger partial charge on any atom is 0.259 e. The van der Waals surface area contributed by atoms with Gasteiger partial charge in [-0.2, -0.15) is 16.9 Å². The van der Waals surface area contributed by atoms with Gasteiger partial charge in [-0.1, -0.05) is 0 Å². The number of H-pyrrole nitrogens is 1. The lowest BCUT2D eigenvalue weighted by molar-refractivity contribution is -0.115. The summed E-state index contributed by atoms with van der Waals surface area (Å²) in [7, 11) is 1.86. The van der Waals surface area contributed by atoms with Crippen LogP contribution in [0, 0.1) is 13.8 Å². The first-order valence-corrected chi connectivity index (χ1v) is 11.3. The zero-order valence-corrected chi connectivity index (χ0v) is 17.9. The molecule has 0 atom stereocenters. The van der Waals surface area contributed by atoms with Crippen molar-refractivity contribution in [3.05, 3.63) is 38.0 Å². The molecule has 0 aliphatic heterocycles. The van der Waals surface area contributed by atoms with Crippen LogP contribution in [0.4, 0.5) is 5.69 Å². The van der Waals surface area contributed by atoms with Gasteiger partial charge in [0.15, 0.2) is 0 Å². The van der Waals surface area contributed by atoms with E-state index >= 15 is 0 Å². The molecule has 7 nitrogen and oxygen atoms in total. The number of nitrogens with one attached hydrogen (secondary N) is 2. The first-order chi connectivity index (χ1) is 13.4. The van der Waals surface area contributed by atoms with Gasteiger partial charge in [-0.3, -0.25) is 14.3 Å². The third kappa shape index (κ3) is 3.60. The van der Waals surface area contributed by atoms with Gasteiger partial charge >= 0.3 is 0 Å². The summed E-state index contributed by atoms with van der Waals surface area (Å²) in [6, 6.07) is 0. The lowest BCUT2D eigenvalue weighted by Gasteiger charge is -2.06. The minimum atomic E-state index is -0.0294. The van der Waals surface area contributed by atoms with Crippen molar-refractivity contribution in [3.63, 3.8) is 0 Å². The highest BCUT2D eigenvalue weighted by atomic mass is 32.2. The zero-order chi connectivity index (χ0) is 19.8. The zero-order valence-electron chi connectivity index (χ0n) is 16.2. The summed E-state index contributed by atoms with van der Waals surface area (Å²) in [5.41, 5.74) is 3.72. The first kappa shape index (κ1) is 19.2. The lowest BCUT2D eigenvalue weighted by atomic mass is 10.2. The molecule has 4 rings (SSSR count). The summed E-state index contributed by atoms with van der Waals surface area (Å²) in [5.74, 6) is 1.90. The maximum absolute atomic E-state index is 12.5. The van der Waals surface area contributed by atoms with E-state index in [0.29, 0.717) is 23.8 Å². The molecule has 148 valence electrons. The monoisotopic (exact) mass is 417 g/mol. The summed E-state index contributed by atoms with van der Waals surface area (Å²) in [4.78, 5) is 34.4. The van der Waals surface area contributed by atoms with Gasteiger partial charge in [-0.15, -0.1) is 11.3 Å². The Bertz CT molecular complexity index is 1110. The average molecular weight is 418 g/mol. The number of amides is 1. The number of aromatic amines is 1. The number of hydrogen-bond donors (Lipinski definition) is 2. The molecule has 1 amide bonds. The van der Waals surface area contributed by atoms with Crippen LogP contribution in [0.25, 0.3) is 10.2 Å². The molecule has 0 radical (unpaired) electrons. The number of carbonyl (C=O) groups excluding carboxylic acids is 1. The molecular formula is C19H23N5O2S2. The summed E-state index contributed by atoms with van der Waals surface area (Å²) in [6.07, 6.45) is 3.58. The molecule has 0 fully saturated rings. The van der Waals surface area contributed by atoms with Crippen molar-refractivity contribution < 1.29 is 4.79 Å². The van der Waals surface area contributed by atoms with Crippen molar-refractivity contribution in [2.24, 2.45) is 7.05 Å². The molecule has 3 aromatic heterocycles. The predicted octanol–water partition coefficient (Wildman–Crippen LogP) is 3.09. The molecule has 1 aliphatic rings. The fourth-order valence-electron chi connectivity index (χ4n) is 3.61. The van der Waals surface area contributed by atoms with Gasteiger partial charge in [0.25, 0.3) is 5.56 Å². The van der Waals surface area contributed by atoms with E-state index in [1.54, 1.807) is 27.8 Å². The van der Waals surface area contributed by atoms with Crippen LogP contribution in [0.1, 0.15) is 40.5 Å². The predicted molar refractivity (Wildman–Crippen MR) is 114 cm³/mol. The topological polar surface area (TPSA) is 92.7 Å². The molecule has 3 heterocycles. The number of aryl methyl sites for hydroxylation is 4. The molecule has 0 saturated heterocycles. The lowest BCUT2D eigenvalue weighted by Crippen LogP contribution is -2.14. The van der Waals surface area contributed by atoms with E-state index in [1.807, 2.05) is 20.9 Å². The van der Waals surface area contributed by atoms with Crippen molar-refractivity contribution in [2.75, 3.05) is 11.1 Å². The maximum atomic E-state index is 12.5. The highest BCUT2D eigenvalue weighted by Crippen LogP contribution is 2.34. The van der Waals surface area contributed by atoms with E-state index in [-0.39, 0.29) is 11.5 Å². The van der Waals surface area contributed by atoms with Gasteiger partial charge in [0.1, 0.15) is 10.7 Å². The Balaban J connectivity index is 1.33. The van der Waals surface area contributed by atoms with Crippen molar-refractivity contribution >= 4 is 44.9 Å². The van der Waals surface area contributed by atoms with Gasteiger partial charge in [0.2, 0.25) is 5.91 Å². The van der Waals surface area contributed by atoms with Crippen LogP contribution < -0.4 is 10.9 Å². The van der Waals surface area contributed by atoms with E-state index < -0.39 is 0 Å². The number of aromatic nitrogens is 4. The van der Waals surface area contributed by atoms with E-state index in [9.17, 15) is 9.59 Å². The van der Waals surface area contributed by atoms with Crippen LogP contribution in [0.5, 0.6) is 0 Å². The highest BCUT2D eigenvalue weighted by molar-refractivity contribution is 7.98. The molecule has 0 saturated carbocycles. The van der Waals surface area contributed by atoms with Gasteiger partial charge in [-0.05, 0) is 38.7 Å². The van der Waals surface area contributed by atoms with Crippen molar-refractivity contribution in [1.29, 1.82) is 0 Å². The molecule has 0 spiro atoms. The third-order valence-electron chi connectivity index (χ3n) is 5.11. The van der Waals surface area contributed by atoms with Gasteiger partial charge in [-0.25, -0.2) is 4.98 Å². The van der Waals surface area contributed by atoms with Crippen LogP contribution in [-0.2, 0) is 30.4 Å². The van der Waals surface area contributed by atoms with E-state index in [0.717, 1.165) is 46.6 Å². The number of fused-ring (bicyclic) bond motifs is 3. The number of hydrogen-bond acceptors (Lipinski definition) is 6. The SMILES string of the molecule is Cc1nn(C)c(C)c1NC(=O)CCSCc1nc2sc3c(c2c(=O)[nH]1)CCC3. The number of rotatable bonds is 6. The molecule has 28 heavy (non-hydrogen) atoms. The van der Waals surface area contributed by atoms with Crippen molar-refractivity contribution in [2.45, 2.75) is 45.3 Å². The van der Waals surface area contributed by atoms with Crippen LogP contribution >= 0.6 is 23.1 Å². The van der Waals surface area contributed by atoms with Crippen LogP contribution in [0.15, 0.2) is 4.79 Å². The highest BCUT2D eigenvalue weighted by Gasteiger charge is 2.21. The minimum absolute atomic E-state index is 0.0275. The summed E-state index contributed by atoms with van der Waals surface area (Å²) < 4.78 is 1.76. The Labute approximate surface area is 170 Å². The number of carbonyl (C=O) groups is 1. The average Bonchev–Trinajstić information content (AvgIpc) is 3.28. The molecule has 9 heteroatoms. The van der Waals surface area contributed by atoms with Crippen LogP contribution in [0.2, 0.25) is 0 Å². The Morgan fingerprint density at radius 3 is 2.93 bits per heavy atom. The molecular weight excluding hydrogens is 394 g/mol. The fourth-order valence-corrected chi connectivity index (χ4v) is 5.69. The second-order valence-corrected chi connectivity index (χ2v) is 9.26. The Hall–Kier alpha value is -2.13. The molecule has 0 bridgehead atoms. The fraction of sp³-hybridized carbons (Fsp3) is 0.474. The van der Waals surface area contributed by atoms with Crippen LogP contribution in [0.3, 0.4) is 0 Å². The third-order valence-corrected chi connectivity index (χ3v) is 7.27. The largest absolute Gasteiger partial charge is 0.323 e. The number of thioether (sulfide) groups is 1. The van der Waals surface area contributed by atoms with Gasteiger partial charge in [0.05, 0.1) is 28.2 Å². The number of thiophene rings is 1. The normalized spacial score (nSPS) is 13.2. The molecule has 0 aromatic carbocycles. The quantitative estimate of drug-likeness (QED) is 0.601. The first-order valence-electron chi connectivity index (χ1n) is 9.35. The molecule has 0 unspecified atom stereocenters. The standard InChI is InChI=1S/C19H23N5O2S2/c1-10-17(11(2)24(3)23-10)22-15(25)7-8-27-9-14-20-18(26)16-12-5-4-6-13(12)28-19(16)21-14/h4-9H2,1-3H3,(H,22,25)(H,20,21,26). The van der Waals surface area contributed by atoms with Gasteiger partial charge in [0, 0.05) is 24.1 Å². The summed E-state index contributed by atoms with van der Waals surface area (Å²) in [5, 5.41) is 8.04. The number of anilines is 1. The smallest absolute Gasteiger partial charge is 0.259 e. The summed E-state index contributed by atoms with van der Waals surface area (Å²) >= 11 is 3.25. The van der Waals surface area contributed by atoms with Gasteiger partial charge < -0.3 is 10.3 Å². The Morgan fingerprint density at radius 1 is 1.36 bits per heavy atom. The second-order valence-electron chi connectivity index (χ2n) is 7.07. The summed E-state index contributed by atoms with van der Waals surface area (Å²) in [6.45, 7) is 3.82. The minimum Gasteiger partial charge on any atom is -0.323 e. The van der Waals surface area contributed by atoms with E-state index in [1.165, 1.54) is 10.4 Å². The van der Waals surface area contributed by atoms with E-state index in [4.69, 9.17) is 0 Å². The Morgan fingerprint density at radius 2 is 2.18 bits per heavy atom. The van der Waals surface area contributed by atoms with Crippen molar-refractivity contribution in [3.8, 4) is 0 Å². The Kier molecular flexibility index (Phi) is 5.29. The molecule has 2 N–H and O–H groups in total. The van der Waals surface area contributed by atoms with Crippen LogP contribution in [-0.4, -0.2) is 31.4 Å². The van der Waals surface area contributed by atoms with Crippen molar-refractivity contribution in [1.82, 2.24) is 19.7 Å².